The molecule has 0 N–H and O–H groups in total. The summed E-state index contributed by atoms with van der Waals surface area (Å²) in [6.45, 7) is 2.95. The van der Waals surface area contributed by atoms with E-state index in [-0.39, 0.29) is 18.6 Å². The molecule has 1 saturated heterocycles. The number of carbonyl (C=O) groups excluding carboxylic acids is 1. The van der Waals surface area contributed by atoms with Gasteiger partial charge in [-0.25, -0.2) is 8.42 Å². The molecule has 0 aromatic heterocycles. The summed E-state index contributed by atoms with van der Waals surface area (Å²) in [4.78, 5) is 14.9. The Labute approximate surface area is 182 Å². The Bertz CT molecular complexity index is 1050. The number of carbonyl (C=O) groups is 1. The topological polar surface area (TPSA) is 66.9 Å². The summed E-state index contributed by atoms with van der Waals surface area (Å²) in [6.07, 6.45) is 3.47. The summed E-state index contributed by atoms with van der Waals surface area (Å²) >= 11 is 6.09. The molecule has 0 aliphatic carbocycles. The van der Waals surface area contributed by atoms with Crippen molar-refractivity contribution < 1.29 is 17.9 Å². The fourth-order valence-electron chi connectivity index (χ4n) is 4.17. The van der Waals surface area contributed by atoms with Crippen molar-refractivity contribution in [1.82, 2.24) is 4.31 Å². The number of piperidine rings is 1. The minimum atomic E-state index is -3.50. The number of anilines is 1. The number of para-hydroxylation sites is 1. The van der Waals surface area contributed by atoms with E-state index in [0.717, 1.165) is 30.5 Å². The summed E-state index contributed by atoms with van der Waals surface area (Å²) in [7, 11) is -3.50. The van der Waals surface area contributed by atoms with Gasteiger partial charge in [-0.2, -0.15) is 4.31 Å². The third-order valence-corrected chi connectivity index (χ3v) is 7.88. The molecular formula is C22H25ClN2O4S. The molecule has 6 nitrogen and oxygen atoms in total. The summed E-state index contributed by atoms with van der Waals surface area (Å²) in [5.74, 6) is 0.273. The molecule has 2 aromatic carbocycles. The van der Waals surface area contributed by atoms with Gasteiger partial charge < -0.3 is 9.64 Å². The van der Waals surface area contributed by atoms with Crippen LogP contribution in [0.1, 0.15) is 31.7 Å². The first-order chi connectivity index (χ1) is 14.4. The van der Waals surface area contributed by atoms with E-state index in [1.807, 2.05) is 6.92 Å². The van der Waals surface area contributed by atoms with Crippen molar-refractivity contribution in [3.8, 4) is 5.75 Å². The summed E-state index contributed by atoms with van der Waals surface area (Å²) < 4.78 is 33.1. The maximum atomic E-state index is 13.0. The van der Waals surface area contributed by atoms with Crippen LogP contribution in [0.3, 0.4) is 0 Å². The second-order valence-corrected chi connectivity index (χ2v) is 10.1. The Morgan fingerprint density at radius 3 is 2.60 bits per heavy atom. The molecule has 0 spiro atoms. The van der Waals surface area contributed by atoms with E-state index in [9.17, 15) is 13.2 Å². The monoisotopic (exact) mass is 448 g/mol. The van der Waals surface area contributed by atoms with Crippen LogP contribution in [-0.4, -0.2) is 44.4 Å². The van der Waals surface area contributed by atoms with Gasteiger partial charge >= 0.3 is 0 Å². The predicted octanol–water partition coefficient (Wildman–Crippen LogP) is 3.87. The minimum absolute atomic E-state index is 0.0738. The van der Waals surface area contributed by atoms with Crippen LogP contribution in [-0.2, 0) is 21.2 Å². The molecule has 2 aliphatic rings. The van der Waals surface area contributed by atoms with Gasteiger partial charge in [0.25, 0.3) is 5.91 Å². The maximum absolute atomic E-state index is 13.0. The Morgan fingerprint density at radius 1 is 1.13 bits per heavy atom. The van der Waals surface area contributed by atoms with E-state index >= 15 is 0 Å². The fourth-order valence-corrected chi connectivity index (χ4v) is 5.93. The van der Waals surface area contributed by atoms with Crippen LogP contribution in [0.15, 0.2) is 47.4 Å². The zero-order valence-electron chi connectivity index (χ0n) is 16.9. The maximum Gasteiger partial charge on any atom is 0.265 e. The summed E-state index contributed by atoms with van der Waals surface area (Å²) in [6, 6.07) is 12.0. The van der Waals surface area contributed by atoms with Crippen molar-refractivity contribution in [2.45, 2.75) is 43.5 Å². The molecule has 2 heterocycles. The standard InChI is InChI=1S/C22H25ClN2O4S/c1-16-13-17-14-18(30(27,28)24-11-5-2-6-12-24)9-10-20(17)25(16)22(26)15-29-21-8-4-3-7-19(21)23/h3-4,7-10,14,16H,2,5-6,11-13,15H2,1H3/t16-/m1/s1. The van der Waals surface area contributed by atoms with Crippen LogP contribution in [0.25, 0.3) is 0 Å². The highest BCUT2D eigenvalue weighted by molar-refractivity contribution is 7.89. The Hall–Kier alpha value is -2.09. The third-order valence-electron chi connectivity index (χ3n) is 5.68. The number of rotatable bonds is 5. The van der Waals surface area contributed by atoms with E-state index in [0.29, 0.717) is 35.2 Å². The number of hydrogen-bond donors (Lipinski definition) is 0. The summed E-state index contributed by atoms with van der Waals surface area (Å²) in [5.41, 5.74) is 1.61. The van der Waals surface area contributed by atoms with Crippen molar-refractivity contribution in [3.05, 3.63) is 53.1 Å². The van der Waals surface area contributed by atoms with Crippen LogP contribution in [0.5, 0.6) is 5.75 Å². The average Bonchev–Trinajstić information content (AvgIpc) is 3.08. The zero-order valence-corrected chi connectivity index (χ0v) is 18.5. The van der Waals surface area contributed by atoms with Crippen LogP contribution in [0, 0.1) is 0 Å². The van der Waals surface area contributed by atoms with Gasteiger partial charge in [0, 0.05) is 24.8 Å². The van der Waals surface area contributed by atoms with Crippen LogP contribution in [0.4, 0.5) is 5.69 Å². The number of amides is 1. The minimum Gasteiger partial charge on any atom is -0.482 e. The van der Waals surface area contributed by atoms with Crippen LogP contribution >= 0.6 is 11.6 Å². The number of halogens is 1. The van der Waals surface area contributed by atoms with Crippen molar-refractivity contribution in [2.24, 2.45) is 0 Å². The highest BCUT2D eigenvalue weighted by Crippen LogP contribution is 2.35. The largest absolute Gasteiger partial charge is 0.482 e. The van der Waals surface area contributed by atoms with Gasteiger partial charge in [-0.05, 0) is 62.1 Å². The molecule has 0 radical (unpaired) electrons. The van der Waals surface area contributed by atoms with Crippen molar-refractivity contribution >= 4 is 33.2 Å². The molecule has 2 aliphatic heterocycles. The molecule has 1 fully saturated rings. The average molecular weight is 449 g/mol. The van der Waals surface area contributed by atoms with Gasteiger partial charge in [0.2, 0.25) is 10.0 Å². The Kier molecular flexibility index (Phi) is 6.04. The van der Waals surface area contributed by atoms with E-state index in [1.165, 1.54) is 0 Å². The van der Waals surface area contributed by atoms with Crippen molar-refractivity contribution in [1.29, 1.82) is 0 Å². The lowest BCUT2D eigenvalue weighted by Gasteiger charge is -2.26. The van der Waals surface area contributed by atoms with Crippen molar-refractivity contribution in [2.75, 3.05) is 24.6 Å². The first-order valence-electron chi connectivity index (χ1n) is 10.2. The van der Waals surface area contributed by atoms with E-state index < -0.39 is 10.0 Å². The van der Waals surface area contributed by atoms with Crippen LogP contribution in [0.2, 0.25) is 5.02 Å². The van der Waals surface area contributed by atoms with Gasteiger partial charge in [-0.3, -0.25) is 4.79 Å². The molecular weight excluding hydrogens is 424 g/mol. The van der Waals surface area contributed by atoms with Crippen molar-refractivity contribution in [3.63, 3.8) is 0 Å². The smallest absolute Gasteiger partial charge is 0.265 e. The molecule has 30 heavy (non-hydrogen) atoms. The SMILES string of the molecule is C[C@@H]1Cc2cc(S(=O)(=O)N3CCCCC3)ccc2N1C(=O)COc1ccccc1Cl. The van der Waals surface area contributed by atoms with E-state index in [2.05, 4.69) is 0 Å². The normalized spacial score (nSPS) is 19.5. The van der Waals surface area contributed by atoms with Gasteiger partial charge in [0.05, 0.1) is 9.92 Å². The number of benzene rings is 2. The van der Waals surface area contributed by atoms with Gasteiger partial charge in [-0.1, -0.05) is 30.2 Å². The Morgan fingerprint density at radius 2 is 1.87 bits per heavy atom. The first-order valence-corrected chi connectivity index (χ1v) is 12.0. The highest BCUT2D eigenvalue weighted by Gasteiger charge is 2.33. The molecule has 2 aromatic rings. The molecule has 0 saturated carbocycles. The molecule has 4 rings (SSSR count). The fraction of sp³-hybridized carbons (Fsp3) is 0.409. The van der Waals surface area contributed by atoms with E-state index in [1.54, 1.807) is 51.7 Å². The number of hydrogen-bond acceptors (Lipinski definition) is 4. The first kappa shape index (κ1) is 21.2. The van der Waals surface area contributed by atoms with Gasteiger partial charge in [0.1, 0.15) is 5.75 Å². The van der Waals surface area contributed by atoms with E-state index in [4.69, 9.17) is 16.3 Å². The second kappa shape index (κ2) is 8.57. The van der Waals surface area contributed by atoms with Gasteiger partial charge in [-0.15, -0.1) is 0 Å². The molecule has 1 amide bonds. The third kappa shape index (κ3) is 4.06. The summed E-state index contributed by atoms with van der Waals surface area (Å²) in [5, 5.41) is 0.452. The lowest BCUT2D eigenvalue weighted by atomic mass is 10.1. The lowest BCUT2D eigenvalue weighted by molar-refractivity contribution is -0.120. The quantitative estimate of drug-likeness (QED) is 0.696. The Balaban J connectivity index is 1.52. The second-order valence-electron chi connectivity index (χ2n) is 7.79. The predicted molar refractivity (Wildman–Crippen MR) is 117 cm³/mol. The number of nitrogens with zero attached hydrogens (tertiary/aromatic N) is 2. The molecule has 0 unspecified atom stereocenters. The van der Waals surface area contributed by atoms with Crippen LogP contribution < -0.4 is 9.64 Å². The zero-order chi connectivity index (χ0) is 21.3. The number of ether oxygens (including phenoxy) is 1. The lowest BCUT2D eigenvalue weighted by Crippen LogP contribution is -2.39. The molecule has 8 heteroatoms. The molecule has 0 bridgehead atoms. The number of sulfonamides is 1. The number of fused-ring (bicyclic) bond motifs is 1. The molecule has 1 atom stereocenters. The highest BCUT2D eigenvalue weighted by atomic mass is 35.5. The molecule has 160 valence electrons. The van der Waals surface area contributed by atoms with Gasteiger partial charge in [0.15, 0.2) is 6.61 Å².